The van der Waals surface area contributed by atoms with Crippen LogP contribution in [0.15, 0.2) is 60.7 Å². The summed E-state index contributed by atoms with van der Waals surface area (Å²) in [6.45, 7) is 22.3. The van der Waals surface area contributed by atoms with Crippen molar-refractivity contribution in [2.24, 2.45) is 0 Å². The van der Waals surface area contributed by atoms with Gasteiger partial charge in [0.15, 0.2) is 5.82 Å². The monoisotopic (exact) mass is 479 g/mol. The van der Waals surface area contributed by atoms with E-state index >= 15 is 0 Å². The van der Waals surface area contributed by atoms with Crippen LogP contribution in [-0.2, 0) is 10.8 Å². The van der Waals surface area contributed by atoms with Crippen molar-refractivity contribution in [3.63, 3.8) is 0 Å². The molecule has 0 aliphatic carbocycles. The first-order valence-electron chi connectivity index (χ1n) is 13.1. The van der Waals surface area contributed by atoms with Gasteiger partial charge in [-0.15, -0.1) is 10.2 Å². The van der Waals surface area contributed by atoms with E-state index in [9.17, 15) is 0 Å². The van der Waals surface area contributed by atoms with E-state index in [0.29, 0.717) is 0 Å². The number of hydrogen-bond donors (Lipinski definition) is 0. The van der Waals surface area contributed by atoms with Crippen molar-refractivity contribution in [2.45, 2.75) is 86.0 Å². The number of nitrogens with zero attached hydrogens (tertiary/aromatic N) is 3. The van der Waals surface area contributed by atoms with Gasteiger partial charge in [0.25, 0.3) is 0 Å². The molecule has 1 aromatic heterocycles. The van der Waals surface area contributed by atoms with Gasteiger partial charge in [-0.1, -0.05) is 110 Å². The van der Waals surface area contributed by atoms with E-state index in [1.165, 1.54) is 39.1 Å². The molecule has 36 heavy (non-hydrogen) atoms. The summed E-state index contributed by atoms with van der Waals surface area (Å²) in [5.74, 6) is 2.13. The number of aryl methyl sites for hydroxylation is 2. The Morgan fingerprint density at radius 1 is 0.639 bits per heavy atom. The quantitative estimate of drug-likeness (QED) is 0.292. The Kier molecular flexibility index (Phi) is 6.72. The number of aromatic nitrogens is 3. The second-order valence-electron chi connectivity index (χ2n) is 12.5. The van der Waals surface area contributed by atoms with Gasteiger partial charge >= 0.3 is 0 Å². The summed E-state index contributed by atoms with van der Waals surface area (Å²) in [6.07, 6.45) is 0. The third kappa shape index (κ3) is 5.02. The number of hydrogen-bond acceptors (Lipinski definition) is 2. The van der Waals surface area contributed by atoms with Crippen molar-refractivity contribution < 1.29 is 0 Å². The van der Waals surface area contributed by atoms with Crippen molar-refractivity contribution in [3.05, 3.63) is 88.7 Å². The molecular formula is C33H41N3. The maximum absolute atomic E-state index is 4.73. The maximum atomic E-state index is 4.73. The van der Waals surface area contributed by atoms with Crippen LogP contribution >= 0.6 is 0 Å². The van der Waals surface area contributed by atoms with Crippen LogP contribution in [0.5, 0.6) is 0 Å². The molecule has 0 N–H and O–H groups in total. The molecule has 0 amide bonds. The van der Waals surface area contributed by atoms with E-state index in [1.54, 1.807) is 0 Å². The third-order valence-electron chi connectivity index (χ3n) is 6.99. The zero-order valence-electron chi connectivity index (χ0n) is 23.7. The first kappa shape index (κ1) is 25.9. The Morgan fingerprint density at radius 3 is 1.72 bits per heavy atom. The van der Waals surface area contributed by atoms with Gasteiger partial charge in [0, 0.05) is 11.5 Å². The largest absolute Gasteiger partial charge is 0.278 e. The van der Waals surface area contributed by atoms with Gasteiger partial charge in [0.2, 0.25) is 0 Å². The lowest BCUT2D eigenvalue weighted by atomic mass is 9.84. The summed E-state index contributed by atoms with van der Waals surface area (Å²) in [6, 6.07) is 22.3. The van der Waals surface area contributed by atoms with Crippen molar-refractivity contribution in [1.29, 1.82) is 0 Å². The lowest BCUT2D eigenvalue weighted by molar-refractivity contribution is 0.588. The summed E-state index contributed by atoms with van der Waals surface area (Å²) in [7, 11) is 0. The zero-order chi connectivity index (χ0) is 26.4. The topological polar surface area (TPSA) is 30.7 Å². The van der Waals surface area contributed by atoms with Gasteiger partial charge < -0.3 is 0 Å². The van der Waals surface area contributed by atoms with Crippen LogP contribution in [0.1, 0.15) is 89.4 Å². The lowest BCUT2D eigenvalue weighted by Gasteiger charge is -2.24. The average molecular weight is 480 g/mol. The smallest absolute Gasteiger partial charge is 0.168 e. The molecule has 0 saturated carbocycles. The van der Waals surface area contributed by atoms with Crippen molar-refractivity contribution >= 4 is 0 Å². The van der Waals surface area contributed by atoms with Crippen LogP contribution in [-0.4, -0.2) is 14.8 Å². The van der Waals surface area contributed by atoms with Crippen molar-refractivity contribution in [3.8, 4) is 28.2 Å². The van der Waals surface area contributed by atoms with Gasteiger partial charge in [-0.2, -0.15) is 0 Å². The minimum absolute atomic E-state index is 0.0990. The lowest BCUT2D eigenvalue weighted by Crippen LogP contribution is -2.14. The Labute approximate surface area is 217 Å². The molecule has 0 bridgehead atoms. The highest BCUT2D eigenvalue weighted by Gasteiger charge is 2.23. The minimum atomic E-state index is 0.0990. The fourth-order valence-corrected chi connectivity index (χ4v) is 4.82. The van der Waals surface area contributed by atoms with E-state index < -0.39 is 0 Å². The van der Waals surface area contributed by atoms with E-state index in [2.05, 4.69) is 140 Å². The molecule has 3 heteroatoms. The fourth-order valence-electron chi connectivity index (χ4n) is 4.82. The molecule has 0 aliphatic heterocycles. The molecule has 188 valence electrons. The number of rotatable bonds is 4. The minimum Gasteiger partial charge on any atom is -0.278 e. The molecule has 0 spiro atoms. The predicted octanol–water partition coefficient (Wildman–Crippen LogP) is 8.94. The molecule has 3 aromatic carbocycles. The maximum Gasteiger partial charge on any atom is 0.168 e. The molecule has 0 atom stereocenters. The summed E-state index contributed by atoms with van der Waals surface area (Å²) in [5, 5.41) is 9.41. The van der Waals surface area contributed by atoms with Gasteiger partial charge in [-0.05, 0) is 64.1 Å². The molecule has 1 heterocycles. The predicted molar refractivity (Wildman–Crippen MR) is 153 cm³/mol. The third-order valence-corrected chi connectivity index (χ3v) is 6.99. The van der Waals surface area contributed by atoms with Crippen LogP contribution in [0.25, 0.3) is 28.2 Å². The molecular weight excluding hydrogens is 438 g/mol. The normalized spacial score (nSPS) is 12.4. The van der Waals surface area contributed by atoms with E-state index in [-0.39, 0.29) is 16.7 Å². The highest BCUT2D eigenvalue weighted by atomic mass is 15.3. The molecule has 0 unspecified atom stereocenters. The Bertz CT molecular complexity index is 1350. The SMILES string of the molecule is Cc1cc(C(C)(C)C)cc(C)c1-n1c(-c2cccc(-c3ccc(C(C)(C)C)cc3)c2)nnc1C(C)C. The second-order valence-corrected chi connectivity index (χ2v) is 12.5. The summed E-state index contributed by atoms with van der Waals surface area (Å²) >= 11 is 0. The summed E-state index contributed by atoms with van der Waals surface area (Å²) < 4.78 is 2.28. The number of benzene rings is 3. The molecule has 4 rings (SSSR count). The van der Waals surface area contributed by atoms with Crippen LogP contribution < -0.4 is 0 Å². The average Bonchev–Trinajstić information content (AvgIpc) is 3.22. The van der Waals surface area contributed by atoms with Gasteiger partial charge in [-0.3, -0.25) is 4.57 Å². The molecule has 3 nitrogen and oxygen atoms in total. The molecule has 0 fully saturated rings. The van der Waals surface area contributed by atoms with Gasteiger partial charge in [-0.25, -0.2) is 0 Å². The van der Waals surface area contributed by atoms with E-state index in [4.69, 9.17) is 5.10 Å². The van der Waals surface area contributed by atoms with Gasteiger partial charge in [0.05, 0.1) is 5.69 Å². The molecule has 0 radical (unpaired) electrons. The van der Waals surface area contributed by atoms with E-state index in [1.807, 2.05) is 0 Å². The zero-order valence-corrected chi connectivity index (χ0v) is 23.7. The van der Waals surface area contributed by atoms with Crippen molar-refractivity contribution in [2.75, 3.05) is 0 Å². The Morgan fingerprint density at radius 2 is 1.19 bits per heavy atom. The van der Waals surface area contributed by atoms with Gasteiger partial charge in [0.1, 0.15) is 5.82 Å². The van der Waals surface area contributed by atoms with Crippen molar-refractivity contribution in [1.82, 2.24) is 14.8 Å². The second kappa shape index (κ2) is 9.35. The first-order chi connectivity index (χ1) is 16.8. The van der Waals surface area contributed by atoms with Crippen LogP contribution in [0.4, 0.5) is 0 Å². The highest BCUT2D eigenvalue weighted by Crippen LogP contribution is 2.35. The summed E-state index contributed by atoms with van der Waals surface area (Å²) in [4.78, 5) is 0. The summed E-state index contributed by atoms with van der Waals surface area (Å²) in [5.41, 5.74) is 10.1. The molecule has 0 aliphatic rings. The first-order valence-corrected chi connectivity index (χ1v) is 13.1. The highest BCUT2D eigenvalue weighted by molar-refractivity contribution is 5.72. The standard InChI is InChI=1S/C33H41N3/c1-21(2)30-34-35-31(36(30)29-22(3)18-28(19-23(29)4)33(8,9)10)26-13-11-12-25(20-26)24-14-16-27(17-15-24)32(5,6)7/h11-21H,1-10H3. The van der Waals surface area contributed by atoms with Crippen LogP contribution in [0.2, 0.25) is 0 Å². The fraction of sp³-hybridized carbons (Fsp3) is 0.394. The Hall–Kier alpha value is -3.20. The molecule has 0 saturated heterocycles. The molecule has 4 aromatic rings. The van der Waals surface area contributed by atoms with Crippen LogP contribution in [0.3, 0.4) is 0 Å². The van der Waals surface area contributed by atoms with E-state index in [0.717, 1.165) is 17.2 Å². The van der Waals surface area contributed by atoms with Crippen LogP contribution in [0, 0.1) is 13.8 Å². The Balaban J connectivity index is 1.86.